The van der Waals surface area contributed by atoms with Gasteiger partial charge in [0.15, 0.2) is 0 Å². The van der Waals surface area contributed by atoms with Crippen molar-refractivity contribution >= 4 is 28.8 Å². The SMILES string of the molecule is Cc1ccc(CNC(=O)c2ccc(Cl)cc2O)s1. The van der Waals surface area contributed by atoms with Crippen LogP contribution < -0.4 is 5.32 Å². The monoisotopic (exact) mass is 281 g/mol. The van der Waals surface area contributed by atoms with Gasteiger partial charge in [0, 0.05) is 14.8 Å². The van der Waals surface area contributed by atoms with Crippen molar-refractivity contribution in [3.05, 3.63) is 50.7 Å². The van der Waals surface area contributed by atoms with Crippen molar-refractivity contribution in [2.45, 2.75) is 13.5 Å². The van der Waals surface area contributed by atoms with Gasteiger partial charge in [0.25, 0.3) is 5.91 Å². The topological polar surface area (TPSA) is 49.3 Å². The zero-order chi connectivity index (χ0) is 13.1. The minimum atomic E-state index is -0.310. The number of phenols is 1. The highest BCUT2D eigenvalue weighted by atomic mass is 35.5. The van der Waals surface area contributed by atoms with Gasteiger partial charge in [-0.25, -0.2) is 0 Å². The minimum Gasteiger partial charge on any atom is -0.507 e. The number of rotatable bonds is 3. The van der Waals surface area contributed by atoms with Crippen LogP contribution in [0.15, 0.2) is 30.3 Å². The predicted octanol–water partition coefficient (Wildman–Crippen LogP) is 3.35. The van der Waals surface area contributed by atoms with Crippen LogP contribution in [0.3, 0.4) is 0 Å². The summed E-state index contributed by atoms with van der Waals surface area (Å²) in [6, 6.07) is 8.41. The molecule has 0 aliphatic carbocycles. The number of carbonyl (C=O) groups is 1. The van der Waals surface area contributed by atoms with Gasteiger partial charge in [-0.15, -0.1) is 11.3 Å². The normalized spacial score (nSPS) is 10.3. The van der Waals surface area contributed by atoms with Crippen molar-refractivity contribution in [2.75, 3.05) is 0 Å². The van der Waals surface area contributed by atoms with E-state index in [2.05, 4.69) is 5.32 Å². The molecule has 5 heteroatoms. The first kappa shape index (κ1) is 12.9. The molecule has 0 spiro atoms. The van der Waals surface area contributed by atoms with Crippen LogP contribution in [0.2, 0.25) is 5.02 Å². The van der Waals surface area contributed by atoms with Crippen LogP contribution in [0.25, 0.3) is 0 Å². The highest BCUT2D eigenvalue weighted by Crippen LogP contribution is 2.22. The molecule has 0 saturated carbocycles. The van der Waals surface area contributed by atoms with E-state index < -0.39 is 0 Å². The lowest BCUT2D eigenvalue weighted by atomic mass is 10.2. The molecule has 2 N–H and O–H groups in total. The van der Waals surface area contributed by atoms with E-state index in [1.165, 1.54) is 17.0 Å². The lowest BCUT2D eigenvalue weighted by Gasteiger charge is -2.06. The molecule has 0 unspecified atom stereocenters. The van der Waals surface area contributed by atoms with Crippen LogP contribution in [-0.4, -0.2) is 11.0 Å². The molecular formula is C13H12ClNO2S. The number of phenolic OH excluding ortho intramolecular Hbond substituents is 1. The van der Waals surface area contributed by atoms with E-state index in [0.717, 1.165) is 4.88 Å². The number of amides is 1. The van der Waals surface area contributed by atoms with Gasteiger partial charge in [-0.05, 0) is 37.3 Å². The van der Waals surface area contributed by atoms with Crippen molar-refractivity contribution in [3.63, 3.8) is 0 Å². The molecule has 0 fully saturated rings. The molecule has 18 heavy (non-hydrogen) atoms. The van der Waals surface area contributed by atoms with Crippen molar-refractivity contribution < 1.29 is 9.90 Å². The third-order valence-corrected chi connectivity index (χ3v) is 3.66. The van der Waals surface area contributed by atoms with Crippen LogP contribution >= 0.6 is 22.9 Å². The van der Waals surface area contributed by atoms with E-state index in [-0.39, 0.29) is 17.2 Å². The molecule has 1 amide bonds. The molecule has 0 aliphatic heterocycles. The van der Waals surface area contributed by atoms with Gasteiger partial charge in [-0.1, -0.05) is 11.6 Å². The van der Waals surface area contributed by atoms with E-state index in [1.54, 1.807) is 17.4 Å². The Labute approximate surface area is 114 Å². The van der Waals surface area contributed by atoms with Gasteiger partial charge in [0.1, 0.15) is 5.75 Å². The molecule has 0 radical (unpaired) electrons. The van der Waals surface area contributed by atoms with Gasteiger partial charge in [0.2, 0.25) is 0 Å². The average molecular weight is 282 g/mol. The summed E-state index contributed by atoms with van der Waals surface area (Å²) in [5, 5.41) is 12.8. The average Bonchev–Trinajstić information content (AvgIpc) is 2.72. The fraction of sp³-hybridized carbons (Fsp3) is 0.154. The number of nitrogens with one attached hydrogen (secondary N) is 1. The maximum absolute atomic E-state index is 11.8. The molecule has 0 saturated heterocycles. The second kappa shape index (κ2) is 5.42. The lowest BCUT2D eigenvalue weighted by molar-refractivity contribution is 0.0948. The maximum Gasteiger partial charge on any atom is 0.255 e. The highest BCUT2D eigenvalue weighted by Gasteiger charge is 2.11. The smallest absolute Gasteiger partial charge is 0.255 e. The third-order valence-electron chi connectivity index (χ3n) is 2.42. The Morgan fingerprint density at radius 3 is 2.78 bits per heavy atom. The Morgan fingerprint density at radius 1 is 1.39 bits per heavy atom. The first-order valence-electron chi connectivity index (χ1n) is 5.38. The lowest BCUT2D eigenvalue weighted by Crippen LogP contribution is -2.22. The van der Waals surface area contributed by atoms with Crippen molar-refractivity contribution in [3.8, 4) is 5.75 Å². The highest BCUT2D eigenvalue weighted by molar-refractivity contribution is 7.11. The number of hydrogen-bond acceptors (Lipinski definition) is 3. The van der Waals surface area contributed by atoms with Gasteiger partial charge in [0.05, 0.1) is 12.1 Å². The molecule has 2 rings (SSSR count). The molecule has 1 heterocycles. The summed E-state index contributed by atoms with van der Waals surface area (Å²) in [4.78, 5) is 14.1. The van der Waals surface area contributed by atoms with Crippen LogP contribution in [-0.2, 0) is 6.54 Å². The Hall–Kier alpha value is -1.52. The largest absolute Gasteiger partial charge is 0.507 e. The summed E-state index contributed by atoms with van der Waals surface area (Å²) in [7, 11) is 0. The second-order valence-corrected chi connectivity index (χ2v) is 5.67. The molecule has 0 bridgehead atoms. The van der Waals surface area contributed by atoms with Crippen LogP contribution in [0.5, 0.6) is 5.75 Å². The standard InChI is InChI=1S/C13H12ClNO2S/c1-8-2-4-10(18-8)7-15-13(17)11-5-3-9(14)6-12(11)16/h2-6,16H,7H2,1H3,(H,15,17). The molecule has 0 aliphatic rings. The van der Waals surface area contributed by atoms with Crippen LogP contribution in [0.1, 0.15) is 20.1 Å². The summed E-state index contributed by atoms with van der Waals surface area (Å²) < 4.78 is 0. The third kappa shape index (κ3) is 3.03. The van der Waals surface area contributed by atoms with Crippen molar-refractivity contribution in [1.29, 1.82) is 0 Å². The minimum absolute atomic E-state index is 0.109. The summed E-state index contributed by atoms with van der Waals surface area (Å²) in [6.45, 7) is 2.47. The van der Waals surface area contributed by atoms with Gasteiger partial charge in [-0.3, -0.25) is 4.79 Å². The second-order valence-electron chi connectivity index (χ2n) is 3.86. The number of aryl methyl sites for hydroxylation is 1. The molecule has 2 aromatic rings. The quantitative estimate of drug-likeness (QED) is 0.906. The zero-order valence-electron chi connectivity index (χ0n) is 9.74. The number of halogens is 1. The number of carbonyl (C=O) groups excluding carboxylic acids is 1. The summed E-state index contributed by atoms with van der Waals surface area (Å²) in [5.41, 5.74) is 0.229. The Bertz CT molecular complexity index is 580. The molecule has 1 aromatic carbocycles. The summed E-state index contributed by atoms with van der Waals surface area (Å²) in [5.74, 6) is -0.419. The van der Waals surface area contributed by atoms with Gasteiger partial charge < -0.3 is 10.4 Å². The number of benzene rings is 1. The van der Waals surface area contributed by atoms with Crippen LogP contribution in [0, 0.1) is 6.92 Å². The fourth-order valence-corrected chi connectivity index (χ4v) is 2.54. The maximum atomic E-state index is 11.8. The molecule has 3 nitrogen and oxygen atoms in total. The Morgan fingerprint density at radius 2 is 2.17 bits per heavy atom. The Balaban J connectivity index is 2.03. The van der Waals surface area contributed by atoms with Crippen molar-refractivity contribution in [1.82, 2.24) is 5.32 Å². The summed E-state index contributed by atoms with van der Waals surface area (Å²) >= 11 is 7.34. The Kier molecular flexibility index (Phi) is 3.89. The molecule has 94 valence electrons. The molecule has 1 aromatic heterocycles. The molecular weight excluding hydrogens is 270 g/mol. The summed E-state index contributed by atoms with van der Waals surface area (Å²) in [6.07, 6.45) is 0. The van der Waals surface area contributed by atoms with E-state index in [1.807, 2.05) is 19.1 Å². The van der Waals surface area contributed by atoms with E-state index >= 15 is 0 Å². The van der Waals surface area contributed by atoms with E-state index in [9.17, 15) is 9.90 Å². The number of thiophene rings is 1. The first-order chi connectivity index (χ1) is 8.56. The predicted molar refractivity (Wildman–Crippen MR) is 73.3 cm³/mol. The first-order valence-corrected chi connectivity index (χ1v) is 6.58. The van der Waals surface area contributed by atoms with E-state index in [0.29, 0.717) is 11.6 Å². The fourth-order valence-electron chi connectivity index (χ4n) is 1.54. The zero-order valence-corrected chi connectivity index (χ0v) is 11.3. The van der Waals surface area contributed by atoms with Crippen LogP contribution in [0.4, 0.5) is 0 Å². The number of aromatic hydroxyl groups is 1. The molecule has 0 atom stereocenters. The van der Waals surface area contributed by atoms with Gasteiger partial charge >= 0.3 is 0 Å². The van der Waals surface area contributed by atoms with Gasteiger partial charge in [-0.2, -0.15) is 0 Å². The number of hydrogen-bond donors (Lipinski definition) is 2. The van der Waals surface area contributed by atoms with E-state index in [4.69, 9.17) is 11.6 Å². The van der Waals surface area contributed by atoms with Crippen molar-refractivity contribution in [2.24, 2.45) is 0 Å².